The third-order valence-electron chi connectivity index (χ3n) is 4.07. The molecule has 1 unspecified atom stereocenters. The van der Waals surface area contributed by atoms with E-state index < -0.39 is 0 Å². The van der Waals surface area contributed by atoms with Crippen molar-refractivity contribution < 1.29 is 18.9 Å². The second-order valence-electron chi connectivity index (χ2n) is 5.68. The highest BCUT2D eigenvalue weighted by molar-refractivity contribution is 5.44. The largest absolute Gasteiger partial charge is 0.493 e. The Morgan fingerprint density at radius 3 is 2.22 bits per heavy atom. The van der Waals surface area contributed by atoms with Gasteiger partial charge in [-0.2, -0.15) is 0 Å². The van der Waals surface area contributed by atoms with Crippen molar-refractivity contribution in [3.8, 4) is 11.5 Å². The fourth-order valence-electron chi connectivity index (χ4n) is 2.79. The lowest BCUT2D eigenvalue weighted by Crippen LogP contribution is -2.34. The summed E-state index contributed by atoms with van der Waals surface area (Å²) in [6.07, 6.45) is 2.30. The van der Waals surface area contributed by atoms with Gasteiger partial charge in [0.2, 0.25) is 0 Å². The van der Waals surface area contributed by atoms with Crippen LogP contribution in [0.5, 0.6) is 11.5 Å². The second kappa shape index (κ2) is 9.11. The van der Waals surface area contributed by atoms with Crippen molar-refractivity contribution in [3.05, 3.63) is 23.8 Å². The summed E-state index contributed by atoms with van der Waals surface area (Å²) in [5.74, 6) is 2.19. The standard InChI is InChI=1S/C18H29NO4/c1-5-22-17(23-6-2)12-19-18(13-7-8-13)14-9-10-15(20-3)16(11-14)21-4/h9-11,13,17-19H,5-8,12H2,1-4H3. The van der Waals surface area contributed by atoms with E-state index >= 15 is 0 Å². The van der Waals surface area contributed by atoms with Gasteiger partial charge in [-0.05, 0) is 50.3 Å². The van der Waals surface area contributed by atoms with Crippen molar-refractivity contribution >= 4 is 0 Å². The van der Waals surface area contributed by atoms with Crippen LogP contribution >= 0.6 is 0 Å². The molecule has 5 nitrogen and oxygen atoms in total. The molecule has 1 N–H and O–H groups in total. The monoisotopic (exact) mass is 323 g/mol. The van der Waals surface area contributed by atoms with E-state index in [-0.39, 0.29) is 6.29 Å². The van der Waals surface area contributed by atoms with Crippen molar-refractivity contribution in [2.75, 3.05) is 34.0 Å². The van der Waals surface area contributed by atoms with Gasteiger partial charge >= 0.3 is 0 Å². The minimum absolute atomic E-state index is 0.202. The number of ether oxygens (including phenoxy) is 4. The quantitative estimate of drug-likeness (QED) is 0.634. The van der Waals surface area contributed by atoms with Gasteiger partial charge in [-0.25, -0.2) is 0 Å². The highest BCUT2D eigenvalue weighted by Crippen LogP contribution is 2.42. The van der Waals surface area contributed by atoms with Gasteiger partial charge in [0.1, 0.15) is 0 Å². The lowest BCUT2D eigenvalue weighted by molar-refractivity contribution is -0.134. The summed E-state index contributed by atoms with van der Waals surface area (Å²) in [5.41, 5.74) is 1.22. The van der Waals surface area contributed by atoms with Crippen molar-refractivity contribution in [2.45, 2.75) is 39.0 Å². The molecule has 1 aromatic rings. The number of benzene rings is 1. The molecule has 1 saturated carbocycles. The molecule has 0 bridgehead atoms. The summed E-state index contributed by atoms with van der Waals surface area (Å²) in [7, 11) is 3.32. The summed E-state index contributed by atoms with van der Waals surface area (Å²) >= 11 is 0. The summed E-state index contributed by atoms with van der Waals surface area (Å²) in [5, 5.41) is 3.61. The third kappa shape index (κ3) is 5.09. The molecule has 130 valence electrons. The summed E-state index contributed by atoms with van der Waals surface area (Å²) in [6, 6.07) is 6.42. The van der Waals surface area contributed by atoms with E-state index in [0.717, 1.165) is 11.5 Å². The Balaban J connectivity index is 2.06. The van der Waals surface area contributed by atoms with E-state index in [1.807, 2.05) is 19.9 Å². The fourth-order valence-corrected chi connectivity index (χ4v) is 2.79. The summed E-state index contributed by atoms with van der Waals surface area (Å²) in [4.78, 5) is 0. The molecule has 0 heterocycles. The molecular formula is C18H29NO4. The van der Waals surface area contributed by atoms with Crippen molar-refractivity contribution in [1.82, 2.24) is 5.32 Å². The average molecular weight is 323 g/mol. The third-order valence-corrected chi connectivity index (χ3v) is 4.07. The van der Waals surface area contributed by atoms with Gasteiger partial charge in [-0.3, -0.25) is 0 Å². The van der Waals surface area contributed by atoms with E-state index in [0.29, 0.717) is 31.7 Å². The van der Waals surface area contributed by atoms with E-state index in [2.05, 4.69) is 17.4 Å². The minimum Gasteiger partial charge on any atom is -0.493 e. The number of hydrogen-bond acceptors (Lipinski definition) is 5. The molecule has 1 aliphatic rings. The molecule has 0 radical (unpaired) electrons. The Bertz CT molecular complexity index is 470. The van der Waals surface area contributed by atoms with Crippen LogP contribution in [0.1, 0.15) is 38.3 Å². The van der Waals surface area contributed by atoms with Gasteiger partial charge < -0.3 is 24.3 Å². The molecular weight excluding hydrogens is 294 g/mol. The maximum absolute atomic E-state index is 5.62. The van der Waals surface area contributed by atoms with Crippen LogP contribution in [0.3, 0.4) is 0 Å². The fraction of sp³-hybridized carbons (Fsp3) is 0.667. The van der Waals surface area contributed by atoms with Crippen LogP contribution < -0.4 is 14.8 Å². The van der Waals surface area contributed by atoms with Crippen molar-refractivity contribution in [1.29, 1.82) is 0 Å². The normalized spacial score (nSPS) is 15.7. The number of nitrogens with one attached hydrogen (secondary N) is 1. The minimum atomic E-state index is -0.202. The van der Waals surface area contributed by atoms with Crippen molar-refractivity contribution in [3.63, 3.8) is 0 Å². The molecule has 1 aliphatic carbocycles. The van der Waals surface area contributed by atoms with Gasteiger partial charge in [-0.1, -0.05) is 6.07 Å². The Morgan fingerprint density at radius 2 is 1.70 bits per heavy atom. The Morgan fingerprint density at radius 1 is 1.04 bits per heavy atom. The molecule has 2 rings (SSSR count). The summed E-state index contributed by atoms with van der Waals surface area (Å²) in [6.45, 7) is 5.95. The Labute approximate surface area is 139 Å². The molecule has 0 amide bonds. The molecule has 0 aliphatic heterocycles. The summed E-state index contributed by atoms with van der Waals surface area (Å²) < 4.78 is 22.0. The predicted octanol–water partition coefficient (Wildman–Crippen LogP) is 3.14. The first kappa shape index (κ1) is 18.0. The highest BCUT2D eigenvalue weighted by Gasteiger charge is 2.33. The number of methoxy groups -OCH3 is 2. The lowest BCUT2D eigenvalue weighted by atomic mass is 10.0. The molecule has 0 saturated heterocycles. The second-order valence-corrected chi connectivity index (χ2v) is 5.68. The topological polar surface area (TPSA) is 49.0 Å². The van der Waals surface area contributed by atoms with Crippen LogP contribution in [0.2, 0.25) is 0 Å². The van der Waals surface area contributed by atoms with Gasteiger partial charge in [0.15, 0.2) is 17.8 Å². The van der Waals surface area contributed by atoms with Crippen LogP contribution in [0.25, 0.3) is 0 Å². The zero-order valence-corrected chi connectivity index (χ0v) is 14.6. The number of hydrogen-bond donors (Lipinski definition) is 1. The zero-order valence-electron chi connectivity index (χ0n) is 14.6. The van der Waals surface area contributed by atoms with Gasteiger partial charge in [0, 0.05) is 25.8 Å². The van der Waals surface area contributed by atoms with E-state index in [9.17, 15) is 0 Å². The molecule has 1 fully saturated rings. The average Bonchev–Trinajstić information content (AvgIpc) is 3.40. The zero-order chi connectivity index (χ0) is 16.7. The lowest BCUT2D eigenvalue weighted by Gasteiger charge is -2.24. The van der Waals surface area contributed by atoms with E-state index in [1.54, 1.807) is 14.2 Å². The van der Waals surface area contributed by atoms with Gasteiger partial charge in [0.25, 0.3) is 0 Å². The van der Waals surface area contributed by atoms with Gasteiger partial charge in [0.05, 0.1) is 14.2 Å². The number of rotatable bonds is 11. The van der Waals surface area contributed by atoms with Gasteiger partial charge in [-0.15, -0.1) is 0 Å². The van der Waals surface area contributed by atoms with Crippen LogP contribution in [0.4, 0.5) is 0 Å². The van der Waals surface area contributed by atoms with Crippen LogP contribution in [0.15, 0.2) is 18.2 Å². The smallest absolute Gasteiger partial charge is 0.169 e. The molecule has 1 aromatic carbocycles. The van der Waals surface area contributed by atoms with Crippen LogP contribution in [0, 0.1) is 5.92 Å². The molecule has 0 aromatic heterocycles. The first-order valence-electron chi connectivity index (χ1n) is 8.41. The van der Waals surface area contributed by atoms with Crippen LogP contribution in [-0.4, -0.2) is 40.3 Å². The first-order chi connectivity index (χ1) is 11.2. The molecule has 0 spiro atoms. The SMILES string of the molecule is CCOC(CNC(c1ccc(OC)c(OC)c1)C1CC1)OCC. The van der Waals surface area contributed by atoms with Crippen LogP contribution in [-0.2, 0) is 9.47 Å². The molecule has 1 atom stereocenters. The van der Waals surface area contributed by atoms with E-state index in [4.69, 9.17) is 18.9 Å². The predicted molar refractivity (Wildman–Crippen MR) is 90.1 cm³/mol. The Hall–Kier alpha value is -1.30. The maximum Gasteiger partial charge on any atom is 0.169 e. The molecule has 5 heteroatoms. The maximum atomic E-state index is 5.62. The first-order valence-corrected chi connectivity index (χ1v) is 8.41. The van der Waals surface area contributed by atoms with Crippen molar-refractivity contribution in [2.24, 2.45) is 5.92 Å². The Kier molecular flexibility index (Phi) is 7.15. The highest BCUT2D eigenvalue weighted by atomic mass is 16.7. The molecule has 23 heavy (non-hydrogen) atoms. The van der Waals surface area contributed by atoms with E-state index in [1.165, 1.54) is 18.4 Å².